The van der Waals surface area contributed by atoms with Crippen LogP contribution in [0.25, 0.3) is 0 Å². The van der Waals surface area contributed by atoms with Gasteiger partial charge in [-0.1, -0.05) is 12.8 Å². The van der Waals surface area contributed by atoms with E-state index in [0.717, 1.165) is 6.54 Å². The van der Waals surface area contributed by atoms with E-state index in [2.05, 4.69) is 25.7 Å². The van der Waals surface area contributed by atoms with Gasteiger partial charge >= 0.3 is 0 Å². The zero-order chi connectivity index (χ0) is 10.8. The summed E-state index contributed by atoms with van der Waals surface area (Å²) in [6, 6.07) is 1.37. The smallest absolute Gasteiger partial charge is 0.0720 e. The van der Waals surface area contributed by atoms with Crippen LogP contribution in [0.15, 0.2) is 0 Å². The molecular formula is C13H25NO. The molecule has 2 rings (SSSR count). The highest BCUT2D eigenvalue weighted by Crippen LogP contribution is 2.28. The Bertz CT molecular complexity index is 197. The van der Waals surface area contributed by atoms with Gasteiger partial charge in [0.05, 0.1) is 12.2 Å². The molecule has 0 aromatic heterocycles. The zero-order valence-electron chi connectivity index (χ0n) is 10.4. The van der Waals surface area contributed by atoms with E-state index >= 15 is 0 Å². The number of rotatable bonds is 3. The summed E-state index contributed by atoms with van der Waals surface area (Å²) in [6.07, 6.45) is 7.66. The van der Waals surface area contributed by atoms with Crippen LogP contribution in [0.3, 0.4) is 0 Å². The van der Waals surface area contributed by atoms with Crippen LogP contribution in [-0.2, 0) is 4.74 Å². The molecule has 2 unspecified atom stereocenters. The van der Waals surface area contributed by atoms with E-state index in [9.17, 15) is 0 Å². The van der Waals surface area contributed by atoms with Crippen LogP contribution < -0.4 is 0 Å². The Hall–Kier alpha value is -0.0800. The van der Waals surface area contributed by atoms with Crippen molar-refractivity contribution in [3.05, 3.63) is 0 Å². The second-order valence-corrected chi connectivity index (χ2v) is 5.54. The minimum atomic E-state index is 0.505. The average Bonchev–Trinajstić information content (AvgIpc) is 2.75. The normalized spacial score (nSPS) is 34.4. The number of hydrogen-bond donors (Lipinski definition) is 0. The molecule has 1 aliphatic heterocycles. The van der Waals surface area contributed by atoms with E-state index in [0.29, 0.717) is 24.3 Å². The Morgan fingerprint density at radius 1 is 1.13 bits per heavy atom. The van der Waals surface area contributed by atoms with Crippen molar-refractivity contribution in [2.45, 2.75) is 77.2 Å². The Kier molecular flexibility index (Phi) is 3.68. The Labute approximate surface area is 94.0 Å². The molecule has 0 aromatic carbocycles. The van der Waals surface area contributed by atoms with Gasteiger partial charge in [-0.15, -0.1) is 0 Å². The van der Waals surface area contributed by atoms with E-state index < -0.39 is 0 Å². The third-order valence-electron chi connectivity index (χ3n) is 3.94. The molecule has 88 valence electrons. The van der Waals surface area contributed by atoms with E-state index in [1.54, 1.807) is 0 Å². The van der Waals surface area contributed by atoms with E-state index in [-0.39, 0.29) is 0 Å². The molecule has 1 heterocycles. The van der Waals surface area contributed by atoms with Crippen molar-refractivity contribution in [3.8, 4) is 0 Å². The quantitative estimate of drug-likeness (QED) is 0.712. The van der Waals surface area contributed by atoms with Gasteiger partial charge in [0.25, 0.3) is 0 Å². The second-order valence-electron chi connectivity index (χ2n) is 5.54. The Morgan fingerprint density at radius 3 is 2.33 bits per heavy atom. The van der Waals surface area contributed by atoms with E-state index in [4.69, 9.17) is 4.74 Å². The molecule has 0 radical (unpaired) electrons. The summed E-state index contributed by atoms with van der Waals surface area (Å²) in [6.45, 7) is 8.05. The average molecular weight is 211 g/mol. The molecule has 0 spiro atoms. The molecule has 0 amide bonds. The Balaban J connectivity index is 1.80. The van der Waals surface area contributed by atoms with Crippen LogP contribution in [0.1, 0.15) is 52.9 Å². The highest BCUT2D eigenvalue weighted by Gasteiger charge is 2.33. The summed E-state index contributed by atoms with van der Waals surface area (Å²) in [5.74, 6) is 0. The topological polar surface area (TPSA) is 12.5 Å². The molecule has 2 heteroatoms. The van der Waals surface area contributed by atoms with Gasteiger partial charge in [0, 0.05) is 18.6 Å². The third-order valence-corrected chi connectivity index (χ3v) is 3.94. The maximum absolute atomic E-state index is 6.18. The largest absolute Gasteiger partial charge is 0.374 e. The number of ether oxygens (including phenoxy) is 1. The molecule has 2 atom stereocenters. The van der Waals surface area contributed by atoms with Gasteiger partial charge in [0.1, 0.15) is 0 Å². The van der Waals surface area contributed by atoms with E-state index in [1.807, 2.05) is 0 Å². The van der Waals surface area contributed by atoms with Crippen molar-refractivity contribution in [3.63, 3.8) is 0 Å². The SMILES string of the molecule is CC(C)N1CC(OC2CCCC2)CC1C. The fourth-order valence-corrected chi connectivity index (χ4v) is 3.12. The first-order valence-corrected chi connectivity index (χ1v) is 6.58. The van der Waals surface area contributed by atoms with Gasteiger partial charge in [-0.25, -0.2) is 0 Å². The van der Waals surface area contributed by atoms with Gasteiger partial charge in [0.2, 0.25) is 0 Å². The highest BCUT2D eigenvalue weighted by atomic mass is 16.5. The first-order chi connectivity index (χ1) is 7.16. The van der Waals surface area contributed by atoms with Crippen molar-refractivity contribution >= 4 is 0 Å². The van der Waals surface area contributed by atoms with Crippen LogP contribution in [-0.4, -0.2) is 35.7 Å². The lowest BCUT2D eigenvalue weighted by molar-refractivity contribution is -0.00329. The summed E-state index contributed by atoms with van der Waals surface area (Å²) in [7, 11) is 0. The molecule has 15 heavy (non-hydrogen) atoms. The Morgan fingerprint density at radius 2 is 1.80 bits per heavy atom. The van der Waals surface area contributed by atoms with Crippen molar-refractivity contribution in [2.75, 3.05) is 6.54 Å². The van der Waals surface area contributed by atoms with Gasteiger partial charge < -0.3 is 4.74 Å². The van der Waals surface area contributed by atoms with Crippen molar-refractivity contribution in [2.24, 2.45) is 0 Å². The van der Waals surface area contributed by atoms with Gasteiger partial charge in [-0.2, -0.15) is 0 Å². The van der Waals surface area contributed by atoms with Crippen LogP contribution >= 0.6 is 0 Å². The molecule has 2 fully saturated rings. The van der Waals surface area contributed by atoms with Crippen molar-refractivity contribution in [1.29, 1.82) is 0 Å². The fraction of sp³-hybridized carbons (Fsp3) is 1.00. The van der Waals surface area contributed by atoms with Crippen LogP contribution in [0, 0.1) is 0 Å². The van der Waals surface area contributed by atoms with Crippen molar-refractivity contribution in [1.82, 2.24) is 4.90 Å². The first kappa shape index (κ1) is 11.4. The molecule has 2 aliphatic rings. The summed E-state index contributed by atoms with van der Waals surface area (Å²) < 4.78 is 6.18. The monoisotopic (exact) mass is 211 g/mol. The van der Waals surface area contributed by atoms with Gasteiger partial charge in [-0.3, -0.25) is 4.90 Å². The summed E-state index contributed by atoms with van der Waals surface area (Å²) in [5, 5.41) is 0. The number of hydrogen-bond acceptors (Lipinski definition) is 2. The van der Waals surface area contributed by atoms with Gasteiger partial charge in [-0.05, 0) is 40.0 Å². The van der Waals surface area contributed by atoms with Crippen LogP contribution in [0.2, 0.25) is 0 Å². The molecule has 0 aromatic rings. The lowest BCUT2D eigenvalue weighted by Gasteiger charge is -2.25. The molecule has 2 nitrogen and oxygen atoms in total. The predicted molar refractivity (Wildman–Crippen MR) is 63.1 cm³/mol. The van der Waals surface area contributed by atoms with E-state index in [1.165, 1.54) is 32.1 Å². The highest BCUT2D eigenvalue weighted by molar-refractivity contribution is 4.86. The number of likely N-dealkylation sites (tertiary alicyclic amines) is 1. The third kappa shape index (κ3) is 2.73. The number of nitrogens with zero attached hydrogens (tertiary/aromatic N) is 1. The maximum atomic E-state index is 6.18. The molecule has 0 N–H and O–H groups in total. The lowest BCUT2D eigenvalue weighted by Crippen LogP contribution is -2.34. The lowest BCUT2D eigenvalue weighted by atomic mass is 10.2. The summed E-state index contributed by atoms with van der Waals surface area (Å²) in [5.41, 5.74) is 0. The molecule has 0 bridgehead atoms. The molecule has 1 saturated carbocycles. The fourth-order valence-electron chi connectivity index (χ4n) is 3.12. The maximum Gasteiger partial charge on any atom is 0.0720 e. The van der Waals surface area contributed by atoms with Crippen molar-refractivity contribution < 1.29 is 4.74 Å². The standard InChI is InChI=1S/C13H25NO/c1-10(2)14-9-13(8-11(14)3)15-12-6-4-5-7-12/h10-13H,4-9H2,1-3H3. The van der Waals surface area contributed by atoms with Gasteiger partial charge in [0.15, 0.2) is 0 Å². The molecule has 1 saturated heterocycles. The minimum absolute atomic E-state index is 0.505. The van der Waals surface area contributed by atoms with Crippen LogP contribution in [0.4, 0.5) is 0 Å². The summed E-state index contributed by atoms with van der Waals surface area (Å²) in [4.78, 5) is 2.57. The zero-order valence-corrected chi connectivity index (χ0v) is 10.4. The minimum Gasteiger partial charge on any atom is -0.374 e. The second kappa shape index (κ2) is 4.84. The molecule has 1 aliphatic carbocycles. The molecular weight excluding hydrogens is 186 g/mol. The predicted octanol–water partition coefficient (Wildman–Crippen LogP) is 2.82. The summed E-state index contributed by atoms with van der Waals surface area (Å²) >= 11 is 0. The van der Waals surface area contributed by atoms with Crippen LogP contribution in [0.5, 0.6) is 0 Å². The first-order valence-electron chi connectivity index (χ1n) is 6.58.